The average molecular weight is 320 g/mol. The highest BCUT2D eigenvalue weighted by molar-refractivity contribution is 4.85. The van der Waals surface area contributed by atoms with Gasteiger partial charge in [0.2, 0.25) is 0 Å². The Morgan fingerprint density at radius 1 is 0.955 bits per heavy atom. The summed E-state index contributed by atoms with van der Waals surface area (Å²) < 4.78 is 22.5. The van der Waals surface area contributed by atoms with Gasteiger partial charge in [-0.05, 0) is 20.3 Å². The van der Waals surface area contributed by atoms with E-state index >= 15 is 0 Å². The van der Waals surface area contributed by atoms with Gasteiger partial charge in [0.15, 0.2) is 12.6 Å². The van der Waals surface area contributed by atoms with Crippen molar-refractivity contribution in [1.29, 1.82) is 0 Å². The maximum absolute atomic E-state index is 10.2. The molecule has 2 saturated heterocycles. The van der Waals surface area contributed by atoms with Gasteiger partial charge < -0.3 is 34.3 Å². The number of ether oxygens (including phenoxy) is 4. The van der Waals surface area contributed by atoms with Crippen LogP contribution < -0.4 is 0 Å². The van der Waals surface area contributed by atoms with E-state index < -0.39 is 49.2 Å². The molecule has 0 spiro atoms. The lowest BCUT2D eigenvalue weighted by atomic mass is 10.0. The predicted octanol–water partition coefficient (Wildman–Crippen LogP) is 0.151. The van der Waals surface area contributed by atoms with Crippen molar-refractivity contribution in [2.24, 2.45) is 0 Å². The summed E-state index contributed by atoms with van der Waals surface area (Å²) >= 11 is 0. The van der Waals surface area contributed by atoms with Crippen LogP contribution >= 0.6 is 0 Å². The van der Waals surface area contributed by atoms with Crippen molar-refractivity contribution >= 4 is 0 Å². The number of aliphatic hydroxyl groups is 3. The van der Waals surface area contributed by atoms with Crippen LogP contribution in [-0.4, -0.2) is 71.1 Å². The molecule has 0 aromatic carbocycles. The zero-order chi connectivity index (χ0) is 16.3. The fraction of sp³-hybridized carbons (Fsp3) is 1.00. The van der Waals surface area contributed by atoms with Gasteiger partial charge in [-0.25, -0.2) is 0 Å². The SMILES string of the molecule is CCCO[C@H]1CC(O[C@H]2CC(O)[C@@H](O)C(C)O2)[C@@H](O)C(C)O1. The van der Waals surface area contributed by atoms with Gasteiger partial charge in [0.05, 0.1) is 24.4 Å². The van der Waals surface area contributed by atoms with Crippen LogP contribution in [0.3, 0.4) is 0 Å². The van der Waals surface area contributed by atoms with Gasteiger partial charge in [-0.3, -0.25) is 0 Å². The first kappa shape index (κ1) is 18.1. The van der Waals surface area contributed by atoms with Crippen molar-refractivity contribution in [3.63, 3.8) is 0 Å². The van der Waals surface area contributed by atoms with E-state index in [9.17, 15) is 15.3 Å². The second kappa shape index (κ2) is 8.01. The Balaban J connectivity index is 1.91. The van der Waals surface area contributed by atoms with Crippen molar-refractivity contribution in [2.75, 3.05) is 6.61 Å². The van der Waals surface area contributed by atoms with Gasteiger partial charge in [-0.1, -0.05) is 6.92 Å². The fourth-order valence-corrected chi connectivity index (χ4v) is 2.81. The third-order valence-electron chi connectivity index (χ3n) is 4.16. The molecular weight excluding hydrogens is 292 g/mol. The summed E-state index contributed by atoms with van der Waals surface area (Å²) in [5.74, 6) is 0. The third kappa shape index (κ3) is 4.38. The first-order chi connectivity index (χ1) is 10.4. The summed E-state index contributed by atoms with van der Waals surface area (Å²) in [6, 6.07) is 0. The summed E-state index contributed by atoms with van der Waals surface area (Å²) in [5, 5.41) is 29.7. The summed E-state index contributed by atoms with van der Waals surface area (Å²) in [7, 11) is 0. The first-order valence-electron chi connectivity index (χ1n) is 8.04. The molecule has 7 nitrogen and oxygen atoms in total. The molecule has 0 saturated carbocycles. The Labute approximate surface area is 131 Å². The standard InChI is InChI=1S/C15H28O7/c1-4-5-19-12-7-11(15(18)9(3)20-12)22-13-6-10(16)14(17)8(2)21-13/h8-18H,4-7H2,1-3H3/t8?,9?,10?,11?,12-,13+,14+,15+/m1/s1. The van der Waals surface area contributed by atoms with Crippen LogP contribution in [0.5, 0.6) is 0 Å². The monoisotopic (exact) mass is 320 g/mol. The summed E-state index contributed by atoms with van der Waals surface area (Å²) in [6.07, 6.45) is -3.64. The predicted molar refractivity (Wildman–Crippen MR) is 77.0 cm³/mol. The molecule has 4 unspecified atom stereocenters. The van der Waals surface area contributed by atoms with E-state index in [1.165, 1.54) is 0 Å². The maximum Gasteiger partial charge on any atom is 0.161 e. The fourth-order valence-electron chi connectivity index (χ4n) is 2.81. The lowest BCUT2D eigenvalue weighted by molar-refractivity contribution is -0.306. The van der Waals surface area contributed by atoms with E-state index in [1.54, 1.807) is 13.8 Å². The van der Waals surface area contributed by atoms with Gasteiger partial charge in [-0.15, -0.1) is 0 Å². The molecule has 8 atom stereocenters. The van der Waals surface area contributed by atoms with E-state index in [4.69, 9.17) is 18.9 Å². The lowest BCUT2D eigenvalue weighted by Crippen LogP contribution is -2.53. The Kier molecular flexibility index (Phi) is 6.58. The van der Waals surface area contributed by atoms with E-state index in [0.717, 1.165) is 6.42 Å². The van der Waals surface area contributed by atoms with Crippen molar-refractivity contribution in [1.82, 2.24) is 0 Å². The molecule has 2 heterocycles. The first-order valence-corrected chi connectivity index (χ1v) is 8.04. The van der Waals surface area contributed by atoms with Crippen LogP contribution in [0.2, 0.25) is 0 Å². The van der Waals surface area contributed by atoms with Gasteiger partial charge >= 0.3 is 0 Å². The van der Waals surface area contributed by atoms with E-state index in [2.05, 4.69) is 0 Å². The third-order valence-corrected chi connectivity index (χ3v) is 4.16. The molecule has 0 aliphatic carbocycles. The molecule has 2 aliphatic heterocycles. The van der Waals surface area contributed by atoms with Crippen LogP contribution in [0.1, 0.15) is 40.0 Å². The quantitative estimate of drug-likeness (QED) is 0.663. The number of hydrogen-bond acceptors (Lipinski definition) is 7. The van der Waals surface area contributed by atoms with Crippen LogP contribution in [0.25, 0.3) is 0 Å². The van der Waals surface area contributed by atoms with Crippen LogP contribution in [-0.2, 0) is 18.9 Å². The molecule has 0 aromatic heterocycles. The minimum atomic E-state index is -0.918. The highest BCUT2D eigenvalue weighted by atomic mass is 16.7. The highest BCUT2D eigenvalue weighted by Gasteiger charge is 2.41. The van der Waals surface area contributed by atoms with Gasteiger partial charge in [0, 0.05) is 19.4 Å². The Bertz CT molecular complexity index is 328. The maximum atomic E-state index is 10.2. The smallest absolute Gasteiger partial charge is 0.161 e. The molecule has 7 heteroatoms. The Morgan fingerprint density at radius 2 is 1.59 bits per heavy atom. The van der Waals surface area contributed by atoms with Gasteiger partial charge in [-0.2, -0.15) is 0 Å². The molecule has 0 bridgehead atoms. The molecule has 3 N–H and O–H groups in total. The Morgan fingerprint density at radius 3 is 2.23 bits per heavy atom. The van der Waals surface area contributed by atoms with E-state index in [0.29, 0.717) is 13.0 Å². The van der Waals surface area contributed by atoms with Crippen molar-refractivity contribution in [3.05, 3.63) is 0 Å². The molecule has 0 radical (unpaired) electrons. The molecule has 2 fully saturated rings. The van der Waals surface area contributed by atoms with Crippen LogP contribution in [0, 0.1) is 0 Å². The normalized spacial score (nSPS) is 46.6. The van der Waals surface area contributed by atoms with Crippen molar-refractivity contribution in [2.45, 2.75) is 89.2 Å². The van der Waals surface area contributed by atoms with Gasteiger partial charge in [0.25, 0.3) is 0 Å². The molecule has 2 aliphatic rings. The summed E-state index contributed by atoms with van der Waals surface area (Å²) in [6.45, 7) is 6.05. The number of aliphatic hydroxyl groups excluding tert-OH is 3. The second-order valence-electron chi connectivity index (χ2n) is 6.11. The second-order valence-corrected chi connectivity index (χ2v) is 6.11. The largest absolute Gasteiger partial charge is 0.390 e. The molecule has 2 rings (SSSR count). The Hall–Kier alpha value is -0.280. The summed E-state index contributed by atoms with van der Waals surface area (Å²) in [5.41, 5.74) is 0. The minimum Gasteiger partial charge on any atom is -0.390 e. The highest BCUT2D eigenvalue weighted by Crippen LogP contribution is 2.28. The van der Waals surface area contributed by atoms with Crippen LogP contribution in [0.15, 0.2) is 0 Å². The molecule has 22 heavy (non-hydrogen) atoms. The van der Waals surface area contributed by atoms with Gasteiger partial charge in [0.1, 0.15) is 12.2 Å². The minimum absolute atomic E-state index is 0.171. The zero-order valence-electron chi connectivity index (χ0n) is 13.4. The lowest BCUT2D eigenvalue weighted by Gasteiger charge is -2.41. The average Bonchev–Trinajstić information content (AvgIpc) is 2.47. The van der Waals surface area contributed by atoms with E-state index in [-0.39, 0.29) is 6.42 Å². The van der Waals surface area contributed by atoms with Crippen LogP contribution in [0.4, 0.5) is 0 Å². The number of hydrogen-bond donors (Lipinski definition) is 3. The molecule has 0 aromatic rings. The molecule has 0 amide bonds. The summed E-state index contributed by atoms with van der Waals surface area (Å²) in [4.78, 5) is 0. The van der Waals surface area contributed by atoms with E-state index in [1.807, 2.05) is 6.92 Å². The molecule has 130 valence electrons. The molecular formula is C15H28O7. The van der Waals surface area contributed by atoms with Crippen molar-refractivity contribution < 1.29 is 34.3 Å². The number of rotatable bonds is 5. The topological polar surface area (TPSA) is 97.6 Å². The van der Waals surface area contributed by atoms with Crippen molar-refractivity contribution in [3.8, 4) is 0 Å². The zero-order valence-corrected chi connectivity index (χ0v) is 13.4.